The zero-order valence-electron chi connectivity index (χ0n) is 18.6. The predicted octanol–water partition coefficient (Wildman–Crippen LogP) is 1.45. The van der Waals surface area contributed by atoms with Gasteiger partial charge in [0.2, 0.25) is 5.91 Å². The van der Waals surface area contributed by atoms with Crippen LogP contribution in [-0.2, 0) is 31.0 Å². The molecule has 0 aliphatic rings. The number of nitrogens with one attached hydrogen (secondary N) is 2. The van der Waals surface area contributed by atoms with E-state index in [1.807, 2.05) is 67.6 Å². The van der Waals surface area contributed by atoms with Crippen LogP contribution in [-0.4, -0.2) is 30.6 Å². The van der Waals surface area contributed by atoms with E-state index in [0.717, 1.165) is 15.7 Å². The van der Waals surface area contributed by atoms with Gasteiger partial charge in [0, 0.05) is 13.1 Å². The van der Waals surface area contributed by atoms with Gasteiger partial charge in [-0.1, -0.05) is 60.7 Å². The van der Waals surface area contributed by atoms with Gasteiger partial charge in [-0.2, -0.15) is 0 Å². The number of fused-ring (bicyclic) bond motifs is 1. The van der Waals surface area contributed by atoms with E-state index >= 15 is 0 Å². The van der Waals surface area contributed by atoms with Gasteiger partial charge in [0.15, 0.2) is 11.2 Å². The second-order valence-electron chi connectivity index (χ2n) is 7.66. The predicted molar refractivity (Wildman–Crippen MR) is 126 cm³/mol. The van der Waals surface area contributed by atoms with Gasteiger partial charge in [-0.25, -0.2) is 19.1 Å². The van der Waals surface area contributed by atoms with Crippen LogP contribution in [0.25, 0.3) is 11.2 Å². The molecule has 174 valence electrons. The van der Waals surface area contributed by atoms with Crippen molar-refractivity contribution in [1.82, 2.24) is 29.3 Å². The molecule has 0 fully saturated rings. The van der Waals surface area contributed by atoms with E-state index in [2.05, 4.69) is 15.6 Å². The Balaban J connectivity index is 1.60. The highest BCUT2D eigenvalue weighted by Gasteiger charge is 2.20. The summed E-state index contributed by atoms with van der Waals surface area (Å²) < 4.78 is 3.82. The number of benzene rings is 2. The van der Waals surface area contributed by atoms with Crippen LogP contribution in [0.4, 0.5) is 4.79 Å². The first kappa shape index (κ1) is 22.7. The monoisotopic (exact) mass is 460 g/mol. The van der Waals surface area contributed by atoms with Gasteiger partial charge >= 0.3 is 11.7 Å². The van der Waals surface area contributed by atoms with Crippen molar-refractivity contribution in [2.24, 2.45) is 0 Å². The molecule has 2 N–H and O–H groups in total. The lowest BCUT2D eigenvalue weighted by Crippen LogP contribution is -2.47. The minimum atomic E-state index is -0.780. The summed E-state index contributed by atoms with van der Waals surface area (Å²) in [4.78, 5) is 55.3. The van der Waals surface area contributed by atoms with Crippen molar-refractivity contribution in [3.05, 3.63) is 99.0 Å². The first-order chi connectivity index (χ1) is 16.5. The van der Waals surface area contributed by atoms with Gasteiger partial charge in [0.25, 0.3) is 5.56 Å². The van der Waals surface area contributed by atoms with Crippen LogP contribution in [0.2, 0.25) is 0 Å². The zero-order valence-corrected chi connectivity index (χ0v) is 18.6. The second-order valence-corrected chi connectivity index (χ2v) is 7.66. The fourth-order valence-electron chi connectivity index (χ4n) is 3.66. The summed E-state index contributed by atoms with van der Waals surface area (Å²) in [6.07, 6.45) is 1.49. The molecule has 2 aromatic heterocycles. The summed E-state index contributed by atoms with van der Waals surface area (Å²) in [5, 5.41) is 4.75. The number of rotatable bonds is 7. The number of aromatic nitrogens is 4. The number of aryl methyl sites for hydroxylation is 1. The Bertz CT molecular complexity index is 1440. The molecule has 0 bridgehead atoms. The molecule has 2 aromatic carbocycles. The van der Waals surface area contributed by atoms with Crippen molar-refractivity contribution >= 4 is 23.1 Å². The van der Waals surface area contributed by atoms with Crippen LogP contribution >= 0.6 is 0 Å². The Morgan fingerprint density at radius 1 is 0.912 bits per heavy atom. The third-order valence-electron chi connectivity index (χ3n) is 5.36. The molecule has 0 radical (unpaired) electrons. The van der Waals surface area contributed by atoms with Crippen LogP contribution in [0.5, 0.6) is 0 Å². The maximum Gasteiger partial charge on any atom is 0.333 e. The van der Waals surface area contributed by atoms with Crippen LogP contribution in [0.1, 0.15) is 18.1 Å². The maximum atomic E-state index is 13.2. The van der Waals surface area contributed by atoms with E-state index in [0.29, 0.717) is 6.54 Å². The van der Waals surface area contributed by atoms with Gasteiger partial charge in [0.05, 0.1) is 12.9 Å². The highest BCUT2D eigenvalue weighted by Crippen LogP contribution is 2.09. The third-order valence-corrected chi connectivity index (χ3v) is 5.36. The number of carbonyl (C=O) groups is 2. The lowest BCUT2D eigenvalue weighted by Gasteiger charge is -2.13. The Kier molecular flexibility index (Phi) is 6.67. The number of hydrogen-bond acceptors (Lipinski definition) is 5. The molecule has 3 amide bonds. The average Bonchev–Trinajstić information content (AvgIpc) is 3.29. The summed E-state index contributed by atoms with van der Waals surface area (Å²) in [6, 6.07) is 17.8. The molecule has 4 aromatic rings. The zero-order chi connectivity index (χ0) is 24.1. The molecular formula is C24H24N6O4. The minimum absolute atomic E-state index is 0.177. The normalized spacial score (nSPS) is 10.9. The quantitative estimate of drug-likeness (QED) is 0.433. The third kappa shape index (κ3) is 4.80. The molecule has 34 heavy (non-hydrogen) atoms. The molecule has 10 heteroatoms. The van der Waals surface area contributed by atoms with Crippen molar-refractivity contribution in [2.45, 2.75) is 33.1 Å². The van der Waals surface area contributed by atoms with Gasteiger partial charge in [-0.05, 0) is 18.1 Å². The Morgan fingerprint density at radius 3 is 2.21 bits per heavy atom. The SMILES string of the molecule is CCn1cnc2c1c(=O)n(CC(=O)NC(=O)NCc1ccccc1)c(=O)n2Cc1ccccc1. The lowest BCUT2D eigenvalue weighted by atomic mass is 10.2. The average molecular weight is 460 g/mol. The van der Waals surface area contributed by atoms with Crippen molar-refractivity contribution in [2.75, 3.05) is 0 Å². The van der Waals surface area contributed by atoms with Gasteiger partial charge in [0.1, 0.15) is 6.54 Å². The summed E-state index contributed by atoms with van der Waals surface area (Å²) in [6.45, 7) is 2.11. The molecule has 4 rings (SSSR count). The van der Waals surface area contributed by atoms with Gasteiger partial charge in [-0.3, -0.25) is 19.5 Å². The number of imide groups is 1. The standard InChI is InChI=1S/C24H24N6O4/c1-2-28-16-26-21-20(28)22(32)30(24(34)29(21)14-18-11-7-4-8-12-18)15-19(31)27-23(33)25-13-17-9-5-3-6-10-17/h3-12,16H,2,13-15H2,1H3,(H2,25,27,31,33). The topological polar surface area (TPSA) is 120 Å². The lowest BCUT2D eigenvalue weighted by molar-refractivity contribution is -0.120. The molecular weight excluding hydrogens is 436 g/mol. The summed E-state index contributed by atoms with van der Waals surface area (Å²) in [5.74, 6) is -0.780. The number of urea groups is 1. The van der Waals surface area contributed by atoms with Crippen LogP contribution < -0.4 is 21.9 Å². The fourth-order valence-corrected chi connectivity index (χ4v) is 3.66. The fraction of sp³-hybridized carbons (Fsp3) is 0.208. The van der Waals surface area contributed by atoms with Crippen molar-refractivity contribution in [3.63, 3.8) is 0 Å². The Labute approximate surface area is 194 Å². The molecule has 0 unspecified atom stereocenters. The smallest absolute Gasteiger partial charge is 0.333 e. The minimum Gasteiger partial charge on any atom is -0.334 e. The van der Waals surface area contributed by atoms with Crippen molar-refractivity contribution in [1.29, 1.82) is 0 Å². The second kappa shape index (κ2) is 9.99. The maximum absolute atomic E-state index is 13.2. The highest BCUT2D eigenvalue weighted by atomic mass is 16.2. The van der Waals surface area contributed by atoms with Crippen molar-refractivity contribution in [3.8, 4) is 0 Å². The molecule has 0 aliphatic carbocycles. The Hall–Kier alpha value is -4.47. The van der Waals surface area contributed by atoms with E-state index in [9.17, 15) is 19.2 Å². The Morgan fingerprint density at radius 2 is 1.56 bits per heavy atom. The van der Waals surface area contributed by atoms with Crippen LogP contribution in [0.15, 0.2) is 76.6 Å². The first-order valence-corrected chi connectivity index (χ1v) is 10.8. The largest absolute Gasteiger partial charge is 0.334 e. The first-order valence-electron chi connectivity index (χ1n) is 10.8. The highest BCUT2D eigenvalue weighted by molar-refractivity contribution is 5.94. The van der Waals surface area contributed by atoms with E-state index in [4.69, 9.17) is 0 Å². The van der Waals surface area contributed by atoms with Gasteiger partial charge < -0.3 is 9.88 Å². The van der Waals surface area contributed by atoms with Crippen molar-refractivity contribution < 1.29 is 9.59 Å². The van der Waals surface area contributed by atoms with Crippen LogP contribution in [0.3, 0.4) is 0 Å². The van der Waals surface area contributed by atoms with Gasteiger partial charge in [-0.15, -0.1) is 0 Å². The summed E-state index contributed by atoms with van der Waals surface area (Å²) in [7, 11) is 0. The van der Waals surface area contributed by atoms with E-state index in [1.165, 1.54) is 10.9 Å². The summed E-state index contributed by atoms with van der Waals surface area (Å²) in [5.41, 5.74) is 0.860. The molecule has 2 heterocycles. The molecule has 0 saturated carbocycles. The number of amides is 3. The number of carbonyl (C=O) groups excluding carboxylic acids is 2. The van der Waals surface area contributed by atoms with E-state index in [-0.39, 0.29) is 24.3 Å². The number of imidazole rings is 1. The molecule has 10 nitrogen and oxygen atoms in total. The van der Waals surface area contributed by atoms with E-state index < -0.39 is 29.7 Å². The molecule has 0 atom stereocenters. The molecule has 0 aliphatic heterocycles. The molecule has 0 spiro atoms. The summed E-state index contributed by atoms with van der Waals surface area (Å²) >= 11 is 0. The van der Waals surface area contributed by atoms with E-state index in [1.54, 1.807) is 4.57 Å². The molecule has 0 saturated heterocycles. The van der Waals surface area contributed by atoms with Crippen LogP contribution in [0, 0.1) is 0 Å². The number of nitrogens with zero attached hydrogens (tertiary/aromatic N) is 4. The number of hydrogen-bond donors (Lipinski definition) is 2.